The van der Waals surface area contributed by atoms with Gasteiger partial charge in [0.1, 0.15) is 5.82 Å². The van der Waals surface area contributed by atoms with Gasteiger partial charge in [-0.3, -0.25) is 0 Å². The molecule has 0 saturated carbocycles. The van der Waals surface area contributed by atoms with Crippen molar-refractivity contribution in [3.63, 3.8) is 0 Å². The van der Waals surface area contributed by atoms with Gasteiger partial charge in [-0.2, -0.15) is 0 Å². The minimum absolute atomic E-state index is 0.142. The Hall–Kier alpha value is -1.31. The lowest BCUT2D eigenvalue weighted by atomic mass is 9.95. The van der Waals surface area contributed by atoms with Gasteiger partial charge in [0.2, 0.25) is 0 Å². The Bertz CT molecular complexity index is 564. The van der Waals surface area contributed by atoms with Crippen LogP contribution in [0.3, 0.4) is 0 Å². The number of hydrogen-bond donors (Lipinski definition) is 1. The number of hydrogen-bond acceptors (Lipinski definition) is 0. The molecule has 0 radical (unpaired) electrons. The van der Waals surface area contributed by atoms with Gasteiger partial charge in [0.05, 0.1) is 0 Å². The van der Waals surface area contributed by atoms with Crippen molar-refractivity contribution in [2.24, 2.45) is 5.92 Å². The fourth-order valence-corrected chi connectivity index (χ4v) is 2.73. The zero-order valence-corrected chi connectivity index (χ0v) is 11.9. The SMILES string of the molecule is Cc1cc(F)cc2c(C(C)C)c(CC(C)C)[nH]c12. The number of aromatic amines is 1. The van der Waals surface area contributed by atoms with E-state index in [1.165, 1.54) is 11.3 Å². The van der Waals surface area contributed by atoms with Crippen LogP contribution in [0.2, 0.25) is 0 Å². The third-order valence-electron chi connectivity index (χ3n) is 3.38. The van der Waals surface area contributed by atoms with E-state index in [0.29, 0.717) is 11.8 Å². The number of nitrogens with one attached hydrogen (secondary N) is 1. The van der Waals surface area contributed by atoms with Crippen molar-refractivity contribution in [3.05, 3.63) is 34.8 Å². The highest BCUT2D eigenvalue weighted by molar-refractivity contribution is 5.87. The number of aryl methyl sites for hydroxylation is 1. The standard InChI is InChI=1S/C16H22FN/c1-9(2)6-14-15(10(3)4)13-8-12(17)7-11(5)16(13)18-14/h7-10,18H,6H2,1-5H3. The van der Waals surface area contributed by atoms with Gasteiger partial charge in [0.15, 0.2) is 0 Å². The number of aromatic nitrogens is 1. The molecule has 0 fully saturated rings. The van der Waals surface area contributed by atoms with Crippen molar-refractivity contribution in [1.29, 1.82) is 0 Å². The Morgan fingerprint density at radius 2 is 1.83 bits per heavy atom. The van der Waals surface area contributed by atoms with Crippen LogP contribution in [0.15, 0.2) is 12.1 Å². The largest absolute Gasteiger partial charge is 0.358 e. The van der Waals surface area contributed by atoms with E-state index in [1.54, 1.807) is 12.1 Å². The normalized spacial score (nSPS) is 12.0. The highest BCUT2D eigenvalue weighted by atomic mass is 19.1. The number of benzene rings is 1. The van der Waals surface area contributed by atoms with Crippen LogP contribution in [0.25, 0.3) is 10.9 Å². The van der Waals surface area contributed by atoms with Crippen LogP contribution < -0.4 is 0 Å². The van der Waals surface area contributed by atoms with E-state index in [9.17, 15) is 4.39 Å². The summed E-state index contributed by atoms with van der Waals surface area (Å²) >= 11 is 0. The van der Waals surface area contributed by atoms with Crippen LogP contribution >= 0.6 is 0 Å². The zero-order chi connectivity index (χ0) is 13.4. The lowest BCUT2D eigenvalue weighted by Gasteiger charge is -2.10. The molecular formula is C16H22FN. The molecule has 0 unspecified atom stereocenters. The van der Waals surface area contributed by atoms with Crippen LogP contribution in [0.4, 0.5) is 4.39 Å². The fraction of sp³-hybridized carbons (Fsp3) is 0.500. The predicted octanol–water partition coefficient (Wildman–Crippen LogP) is 4.94. The van der Waals surface area contributed by atoms with E-state index in [2.05, 4.69) is 32.7 Å². The summed E-state index contributed by atoms with van der Waals surface area (Å²) in [6.45, 7) is 10.7. The number of rotatable bonds is 3. The maximum absolute atomic E-state index is 13.6. The van der Waals surface area contributed by atoms with E-state index < -0.39 is 0 Å². The Balaban J connectivity index is 2.71. The number of fused-ring (bicyclic) bond motifs is 1. The molecule has 0 saturated heterocycles. The first kappa shape index (κ1) is 13.1. The van der Waals surface area contributed by atoms with Gasteiger partial charge in [-0.05, 0) is 48.4 Å². The monoisotopic (exact) mass is 247 g/mol. The maximum Gasteiger partial charge on any atom is 0.124 e. The first-order valence-corrected chi connectivity index (χ1v) is 6.70. The molecule has 98 valence electrons. The summed E-state index contributed by atoms with van der Waals surface area (Å²) < 4.78 is 13.6. The van der Waals surface area contributed by atoms with Gasteiger partial charge in [0.25, 0.3) is 0 Å². The first-order chi connectivity index (χ1) is 8.40. The summed E-state index contributed by atoms with van der Waals surface area (Å²) in [5.41, 5.74) is 4.63. The quantitative estimate of drug-likeness (QED) is 0.791. The number of halogens is 1. The summed E-state index contributed by atoms with van der Waals surface area (Å²) in [6.07, 6.45) is 1.02. The third-order valence-corrected chi connectivity index (χ3v) is 3.38. The summed E-state index contributed by atoms with van der Waals surface area (Å²) in [4.78, 5) is 3.51. The van der Waals surface area contributed by atoms with Crippen molar-refractivity contribution in [1.82, 2.24) is 4.98 Å². The molecule has 0 aliphatic rings. The Kier molecular flexibility index (Phi) is 3.47. The second kappa shape index (κ2) is 4.75. The fourth-order valence-electron chi connectivity index (χ4n) is 2.73. The van der Waals surface area contributed by atoms with Crippen molar-refractivity contribution < 1.29 is 4.39 Å². The van der Waals surface area contributed by atoms with Crippen molar-refractivity contribution >= 4 is 10.9 Å². The van der Waals surface area contributed by atoms with Gasteiger partial charge in [-0.25, -0.2) is 4.39 Å². The minimum atomic E-state index is -0.142. The average molecular weight is 247 g/mol. The van der Waals surface area contributed by atoms with E-state index in [-0.39, 0.29) is 5.82 Å². The van der Waals surface area contributed by atoms with Crippen molar-refractivity contribution in [2.45, 2.75) is 47.0 Å². The smallest absolute Gasteiger partial charge is 0.124 e. The van der Waals surface area contributed by atoms with Crippen LogP contribution in [-0.4, -0.2) is 4.98 Å². The van der Waals surface area contributed by atoms with Gasteiger partial charge in [-0.1, -0.05) is 27.7 Å². The van der Waals surface area contributed by atoms with Crippen LogP contribution in [-0.2, 0) is 6.42 Å². The summed E-state index contributed by atoms with van der Waals surface area (Å²) in [5, 5.41) is 1.05. The molecule has 1 N–H and O–H groups in total. The molecule has 2 heteroatoms. The molecule has 0 aliphatic carbocycles. The topological polar surface area (TPSA) is 15.8 Å². The average Bonchev–Trinajstić information content (AvgIpc) is 2.54. The molecule has 1 heterocycles. The Labute approximate surface area is 108 Å². The van der Waals surface area contributed by atoms with Gasteiger partial charge < -0.3 is 4.98 Å². The highest BCUT2D eigenvalue weighted by Gasteiger charge is 2.17. The lowest BCUT2D eigenvalue weighted by molar-refractivity contribution is 0.628. The Morgan fingerprint density at radius 1 is 1.17 bits per heavy atom. The lowest BCUT2D eigenvalue weighted by Crippen LogP contribution is -1.99. The van der Waals surface area contributed by atoms with E-state index in [0.717, 1.165) is 22.9 Å². The maximum atomic E-state index is 13.6. The molecule has 18 heavy (non-hydrogen) atoms. The van der Waals surface area contributed by atoms with Crippen LogP contribution in [0.1, 0.15) is 50.4 Å². The van der Waals surface area contributed by atoms with Crippen LogP contribution in [0.5, 0.6) is 0 Å². The molecule has 2 aromatic rings. The zero-order valence-electron chi connectivity index (χ0n) is 11.9. The summed E-state index contributed by atoms with van der Waals surface area (Å²) in [6, 6.07) is 3.26. The van der Waals surface area contributed by atoms with Gasteiger partial charge >= 0.3 is 0 Å². The number of H-pyrrole nitrogens is 1. The molecule has 0 amide bonds. The van der Waals surface area contributed by atoms with Gasteiger partial charge in [0, 0.05) is 16.6 Å². The molecule has 0 atom stereocenters. The molecule has 0 bridgehead atoms. The van der Waals surface area contributed by atoms with E-state index in [1.807, 2.05) is 6.92 Å². The van der Waals surface area contributed by atoms with E-state index in [4.69, 9.17) is 0 Å². The van der Waals surface area contributed by atoms with Gasteiger partial charge in [-0.15, -0.1) is 0 Å². The second-order valence-corrected chi connectivity index (χ2v) is 5.92. The van der Waals surface area contributed by atoms with Crippen molar-refractivity contribution in [3.8, 4) is 0 Å². The summed E-state index contributed by atoms with van der Waals surface area (Å²) in [5.74, 6) is 0.867. The molecule has 2 rings (SSSR count). The molecule has 1 nitrogen and oxygen atoms in total. The third kappa shape index (κ3) is 2.29. The molecule has 0 aliphatic heterocycles. The Morgan fingerprint density at radius 3 is 2.39 bits per heavy atom. The molecular weight excluding hydrogens is 225 g/mol. The summed E-state index contributed by atoms with van der Waals surface area (Å²) in [7, 11) is 0. The molecule has 0 spiro atoms. The van der Waals surface area contributed by atoms with Crippen LogP contribution in [0, 0.1) is 18.7 Å². The van der Waals surface area contributed by atoms with E-state index >= 15 is 0 Å². The predicted molar refractivity (Wildman–Crippen MR) is 75.6 cm³/mol. The minimum Gasteiger partial charge on any atom is -0.358 e. The highest BCUT2D eigenvalue weighted by Crippen LogP contribution is 2.32. The van der Waals surface area contributed by atoms with Crippen molar-refractivity contribution in [2.75, 3.05) is 0 Å². The molecule has 1 aromatic heterocycles. The molecule has 1 aromatic carbocycles. The second-order valence-electron chi connectivity index (χ2n) is 5.92. The first-order valence-electron chi connectivity index (χ1n) is 6.70.